The molecule has 0 fully saturated rings. The van der Waals surface area contributed by atoms with Crippen LogP contribution in [0, 0.1) is 0 Å². The van der Waals surface area contributed by atoms with E-state index in [-0.39, 0.29) is 31.1 Å². The molecule has 0 atom stereocenters. The molecule has 3 aromatic heterocycles. The van der Waals surface area contributed by atoms with E-state index in [0.29, 0.717) is 24.3 Å². The number of aromatic nitrogens is 4. The van der Waals surface area contributed by atoms with Gasteiger partial charge in [0.25, 0.3) is 0 Å². The highest BCUT2D eigenvalue weighted by atomic mass is 35.5. The molecule has 0 aliphatic carbocycles. The van der Waals surface area contributed by atoms with Gasteiger partial charge >= 0.3 is 12.4 Å². The fraction of sp³-hybridized carbons (Fsp3) is 0.0741. The molecular weight excluding hydrogens is 697 g/mol. The molecule has 0 saturated heterocycles. The Labute approximate surface area is 266 Å². The normalized spacial score (nSPS) is 12.1. The van der Waals surface area contributed by atoms with Crippen LogP contribution in [0.25, 0.3) is 5.69 Å². The number of carbonyl (C=O) groups is 2. The molecule has 2 aromatic carbocycles. The molecule has 0 saturated carbocycles. The third-order valence-corrected chi connectivity index (χ3v) is 8.43. The molecule has 45 heavy (non-hydrogen) atoms. The van der Waals surface area contributed by atoms with Crippen molar-refractivity contribution in [3.05, 3.63) is 104 Å². The molecule has 3 heterocycles. The number of imidazole rings is 1. The number of H-pyrrole nitrogens is 2. The van der Waals surface area contributed by atoms with Crippen molar-refractivity contribution in [2.45, 2.75) is 22.5 Å². The molecule has 5 aromatic rings. The molecule has 0 radical (unpaired) electrons. The van der Waals surface area contributed by atoms with Crippen molar-refractivity contribution in [1.82, 2.24) is 19.5 Å². The third-order valence-electron chi connectivity index (χ3n) is 6.27. The number of hydrogen-bond donors (Lipinski definition) is 4. The Hall–Kier alpha value is -4.05. The molecule has 0 aliphatic heterocycles. The number of benzene rings is 2. The van der Waals surface area contributed by atoms with Crippen LogP contribution in [0.1, 0.15) is 43.2 Å². The lowest BCUT2D eigenvalue weighted by Crippen LogP contribution is -2.14. The lowest BCUT2D eigenvalue weighted by Gasteiger charge is -2.15. The predicted molar refractivity (Wildman–Crippen MR) is 151 cm³/mol. The van der Waals surface area contributed by atoms with E-state index in [1.54, 1.807) is 0 Å². The van der Waals surface area contributed by atoms with Crippen molar-refractivity contribution < 1.29 is 46.1 Å². The average Bonchev–Trinajstić information content (AvgIpc) is 3.66. The number of nitrogens with zero attached hydrogens (tertiary/aromatic N) is 2. The summed E-state index contributed by atoms with van der Waals surface area (Å²) in [4.78, 5) is 36.8. The van der Waals surface area contributed by atoms with Crippen LogP contribution in [0.15, 0.2) is 65.0 Å². The van der Waals surface area contributed by atoms with Gasteiger partial charge in [-0.2, -0.15) is 26.3 Å². The second-order valence-electron chi connectivity index (χ2n) is 9.11. The van der Waals surface area contributed by atoms with Crippen LogP contribution in [0.3, 0.4) is 0 Å². The van der Waals surface area contributed by atoms with Gasteiger partial charge in [-0.25, -0.2) is 4.98 Å². The van der Waals surface area contributed by atoms with Gasteiger partial charge in [0, 0.05) is 12.4 Å². The first-order chi connectivity index (χ1) is 21.0. The molecule has 234 valence electrons. The molecule has 0 aliphatic rings. The van der Waals surface area contributed by atoms with Gasteiger partial charge in [0.1, 0.15) is 32.4 Å². The number of halogens is 9. The van der Waals surface area contributed by atoms with E-state index in [4.69, 9.17) is 34.8 Å². The number of phenolic OH excluding ortho intramolecular Hbond substituents is 2. The highest BCUT2D eigenvalue weighted by Gasteiger charge is 2.35. The van der Waals surface area contributed by atoms with Crippen LogP contribution in [-0.4, -0.2) is 41.3 Å². The van der Waals surface area contributed by atoms with Gasteiger partial charge < -0.3 is 20.2 Å². The fourth-order valence-corrected chi connectivity index (χ4v) is 5.80. The SMILES string of the molecule is O=C(c1ccc(C(F)(F)F)cc1O)c1[nH]c(Cl)c(Cl)c1-n1c(C(=O)c2ccc(C(F)(F)F)cc2O)cc(Cl)c1Sc1ncc[nH]1. The Morgan fingerprint density at radius 2 is 1.40 bits per heavy atom. The summed E-state index contributed by atoms with van der Waals surface area (Å²) in [6.45, 7) is 0. The first-order valence-electron chi connectivity index (χ1n) is 12.0. The van der Waals surface area contributed by atoms with E-state index in [9.17, 15) is 46.1 Å². The largest absolute Gasteiger partial charge is 0.507 e. The number of aromatic amines is 2. The van der Waals surface area contributed by atoms with Gasteiger partial charge in [-0.15, -0.1) is 0 Å². The lowest BCUT2D eigenvalue weighted by atomic mass is 10.0. The van der Waals surface area contributed by atoms with E-state index < -0.39 is 69.1 Å². The maximum Gasteiger partial charge on any atom is 0.416 e. The summed E-state index contributed by atoms with van der Waals surface area (Å²) >= 11 is 20.0. The first-order valence-corrected chi connectivity index (χ1v) is 14.0. The van der Waals surface area contributed by atoms with E-state index >= 15 is 0 Å². The molecule has 5 rings (SSSR count). The van der Waals surface area contributed by atoms with Gasteiger partial charge in [-0.05, 0) is 54.2 Å². The number of alkyl halides is 6. The number of ketones is 2. The van der Waals surface area contributed by atoms with Crippen LogP contribution in [-0.2, 0) is 12.4 Å². The lowest BCUT2D eigenvalue weighted by molar-refractivity contribution is -0.138. The van der Waals surface area contributed by atoms with Gasteiger partial charge in [0.15, 0.2) is 5.16 Å². The van der Waals surface area contributed by atoms with Gasteiger partial charge in [0.05, 0.1) is 38.7 Å². The maximum atomic E-state index is 13.8. The minimum Gasteiger partial charge on any atom is -0.507 e. The zero-order valence-electron chi connectivity index (χ0n) is 21.6. The molecule has 0 unspecified atom stereocenters. The highest BCUT2D eigenvalue weighted by Crippen LogP contribution is 2.44. The molecule has 0 bridgehead atoms. The van der Waals surface area contributed by atoms with E-state index in [1.807, 2.05) is 0 Å². The predicted octanol–water partition coefficient (Wildman–Crippen LogP) is 8.55. The summed E-state index contributed by atoms with van der Waals surface area (Å²) in [6.07, 6.45) is -6.82. The molecule has 8 nitrogen and oxygen atoms in total. The zero-order valence-corrected chi connectivity index (χ0v) is 24.7. The Balaban J connectivity index is 1.73. The minimum absolute atomic E-state index is 0.0235. The maximum absolute atomic E-state index is 13.8. The fourth-order valence-electron chi connectivity index (χ4n) is 4.23. The van der Waals surface area contributed by atoms with E-state index in [1.165, 1.54) is 12.4 Å². The van der Waals surface area contributed by atoms with Crippen LogP contribution in [0.5, 0.6) is 11.5 Å². The first kappa shape index (κ1) is 32.3. The van der Waals surface area contributed by atoms with Crippen molar-refractivity contribution in [3.8, 4) is 17.2 Å². The van der Waals surface area contributed by atoms with Gasteiger partial charge in [-0.3, -0.25) is 14.2 Å². The Bertz CT molecular complexity index is 1970. The standard InChI is InChI=1S/C27H13Cl3F6N4O4S/c28-14-9-15(21(43)12-3-1-10(7-16(12)41)26(31,32)33)40(24(14)45-25-37-5-6-38-25)20-18(29)23(30)39-19(20)22(44)13-4-2-11(8-17(13)42)27(34,35)36/h1-9,39,41-42H,(H,37,38). The van der Waals surface area contributed by atoms with Crippen LogP contribution in [0.4, 0.5) is 26.3 Å². The molecule has 4 N–H and O–H groups in total. The Kier molecular flexibility index (Phi) is 8.42. The second-order valence-corrected chi connectivity index (χ2v) is 11.2. The Morgan fingerprint density at radius 3 is 1.89 bits per heavy atom. The smallest absolute Gasteiger partial charge is 0.416 e. The number of nitrogens with one attached hydrogen (secondary N) is 2. The van der Waals surface area contributed by atoms with Gasteiger partial charge in [0.2, 0.25) is 11.6 Å². The third kappa shape index (κ3) is 6.12. The van der Waals surface area contributed by atoms with Crippen LogP contribution >= 0.6 is 46.6 Å². The van der Waals surface area contributed by atoms with Crippen molar-refractivity contribution in [2.24, 2.45) is 0 Å². The number of carbonyl (C=O) groups excluding carboxylic acids is 2. The second kappa shape index (κ2) is 11.7. The molecule has 0 spiro atoms. The van der Waals surface area contributed by atoms with E-state index in [0.717, 1.165) is 34.5 Å². The summed E-state index contributed by atoms with van der Waals surface area (Å²) < 4.78 is 80.1. The minimum atomic E-state index is -4.83. The van der Waals surface area contributed by atoms with Crippen LogP contribution < -0.4 is 0 Å². The van der Waals surface area contributed by atoms with Crippen molar-refractivity contribution in [2.75, 3.05) is 0 Å². The number of phenols is 2. The summed E-state index contributed by atoms with van der Waals surface area (Å²) in [5, 5.41) is 20.0. The highest BCUT2D eigenvalue weighted by molar-refractivity contribution is 7.99. The summed E-state index contributed by atoms with van der Waals surface area (Å²) in [5.41, 5.74) is -4.96. The quantitative estimate of drug-likeness (QED) is 0.0992. The monoisotopic (exact) mass is 708 g/mol. The molecular formula is C27H13Cl3F6N4O4S. The summed E-state index contributed by atoms with van der Waals surface area (Å²) in [5.74, 6) is -4.24. The number of hydrogen-bond acceptors (Lipinski definition) is 6. The number of rotatable bonds is 7. The molecule has 0 amide bonds. The zero-order chi connectivity index (χ0) is 33.0. The number of aromatic hydroxyl groups is 2. The van der Waals surface area contributed by atoms with Gasteiger partial charge in [-0.1, -0.05) is 34.8 Å². The Morgan fingerprint density at radius 1 is 0.844 bits per heavy atom. The average molecular weight is 710 g/mol. The van der Waals surface area contributed by atoms with Crippen molar-refractivity contribution in [1.29, 1.82) is 0 Å². The molecule has 18 heteroatoms. The summed E-state index contributed by atoms with van der Waals surface area (Å²) in [6, 6.07) is 4.38. The van der Waals surface area contributed by atoms with E-state index in [2.05, 4.69) is 15.0 Å². The summed E-state index contributed by atoms with van der Waals surface area (Å²) in [7, 11) is 0. The van der Waals surface area contributed by atoms with Crippen LogP contribution in [0.2, 0.25) is 15.2 Å². The van der Waals surface area contributed by atoms with Crippen molar-refractivity contribution in [3.63, 3.8) is 0 Å². The van der Waals surface area contributed by atoms with Crippen molar-refractivity contribution >= 4 is 58.1 Å². The topological polar surface area (TPSA) is 124 Å².